The summed E-state index contributed by atoms with van der Waals surface area (Å²) < 4.78 is 6.48. The van der Waals surface area contributed by atoms with Gasteiger partial charge in [0.2, 0.25) is 0 Å². The molecular formula is C45H29N3O. The lowest BCUT2D eigenvalue weighted by Gasteiger charge is -2.10. The maximum atomic E-state index is 6.48. The summed E-state index contributed by atoms with van der Waals surface area (Å²) in [5, 5.41) is 2.21. The first kappa shape index (κ1) is 28.6. The summed E-state index contributed by atoms with van der Waals surface area (Å²) in [6.45, 7) is 0. The van der Waals surface area contributed by atoms with Gasteiger partial charge in [-0.1, -0.05) is 158 Å². The van der Waals surface area contributed by atoms with Crippen molar-refractivity contribution >= 4 is 21.9 Å². The van der Waals surface area contributed by atoms with Crippen LogP contribution in [-0.4, -0.2) is 15.0 Å². The third-order valence-electron chi connectivity index (χ3n) is 8.95. The Morgan fingerprint density at radius 2 is 0.776 bits per heavy atom. The molecule has 9 rings (SSSR count). The van der Waals surface area contributed by atoms with Crippen molar-refractivity contribution in [3.8, 4) is 67.5 Å². The minimum absolute atomic E-state index is 0.621. The van der Waals surface area contributed by atoms with E-state index in [-0.39, 0.29) is 0 Å². The lowest BCUT2D eigenvalue weighted by molar-refractivity contribution is 0.670. The molecule has 0 saturated carbocycles. The largest absolute Gasteiger partial charge is 0.455 e. The van der Waals surface area contributed by atoms with E-state index in [2.05, 4.69) is 133 Å². The average molecular weight is 628 g/mol. The summed E-state index contributed by atoms with van der Waals surface area (Å²) in [5.41, 5.74) is 11.3. The van der Waals surface area contributed by atoms with Crippen molar-refractivity contribution < 1.29 is 4.42 Å². The molecule has 0 N–H and O–H groups in total. The van der Waals surface area contributed by atoms with E-state index in [1.54, 1.807) is 0 Å². The molecule has 4 nitrogen and oxygen atoms in total. The first-order valence-corrected chi connectivity index (χ1v) is 16.4. The molecule has 0 aliphatic rings. The Morgan fingerprint density at radius 3 is 1.43 bits per heavy atom. The topological polar surface area (TPSA) is 51.8 Å². The minimum Gasteiger partial charge on any atom is -0.455 e. The van der Waals surface area contributed by atoms with E-state index in [0.29, 0.717) is 17.5 Å². The highest BCUT2D eigenvalue weighted by Crippen LogP contribution is 2.38. The fourth-order valence-electron chi connectivity index (χ4n) is 6.45. The molecule has 2 aromatic heterocycles. The van der Waals surface area contributed by atoms with Crippen molar-refractivity contribution in [2.75, 3.05) is 0 Å². The fraction of sp³-hybridized carbons (Fsp3) is 0. The van der Waals surface area contributed by atoms with Gasteiger partial charge in [0.15, 0.2) is 17.5 Å². The molecule has 49 heavy (non-hydrogen) atoms. The molecule has 230 valence electrons. The standard InChI is InChI=1S/C45H29N3O/c1-4-12-30(13-5-1)35-18-10-19-37(28-35)45-47-43(33-16-8-3-9-17-33)46-44(48-45)34-24-22-32(23-25-34)38-20-11-21-39-40-29-36(31-14-6-2-7-15-31)26-27-41(40)49-42(38)39/h1-29H. The number of fused-ring (bicyclic) bond motifs is 3. The van der Waals surface area contributed by atoms with Crippen molar-refractivity contribution in [1.82, 2.24) is 15.0 Å². The van der Waals surface area contributed by atoms with E-state index < -0.39 is 0 Å². The number of furan rings is 1. The van der Waals surface area contributed by atoms with Crippen LogP contribution in [-0.2, 0) is 0 Å². The molecule has 2 heterocycles. The summed E-state index contributed by atoms with van der Waals surface area (Å²) in [6.07, 6.45) is 0. The molecule has 9 aromatic rings. The lowest BCUT2D eigenvalue weighted by Crippen LogP contribution is -2.00. The first-order valence-electron chi connectivity index (χ1n) is 16.4. The molecule has 0 radical (unpaired) electrons. The number of hydrogen-bond acceptors (Lipinski definition) is 4. The molecule has 0 atom stereocenters. The smallest absolute Gasteiger partial charge is 0.164 e. The minimum atomic E-state index is 0.621. The van der Waals surface area contributed by atoms with Crippen molar-refractivity contribution in [3.05, 3.63) is 176 Å². The normalized spacial score (nSPS) is 11.3. The van der Waals surface area contributed by atoms with Gasteiger partial charge in [0.05, 0.1) is 0 Å². The summed E-state index contributed by atoms with van der Waals surface area (Å²) in [4.78, 5) is 14.9. The Morgan fingerprint density at radius 1 is 0.306 bits per heavy atom. The molecule has 7 aromatic carbocycles. The molecule has 4 heteroatoms. The van der Waals surface area contributed by atoms with E-state index in [9.17, 15) is 0 Å². The first-order chi connectivity index (χ1) is 24.3. The second-order valence-corrected chi connectivity index (χ2v) is 12.1. The van der Waals surface area contributed by atoms with Crippen LogP contribution in [0.3, 0.4) is 0 Å². The summed E-state index contributed by atoms with van der Waals surface area (Å²) in [7, 11) is 0. The monoisotopic (exact) mass is 627 g/mol. The second-order valence-electron chi connectivity index (χ2n) is 12.1. The van der Waals surface area contributed by atoms with Gasteiger partial charge in [-0.15, -0.1) is 0 Å². The molecule has 0 spiro atoms. The van der Waals surface area contributed by atoms with Crippen molar-refractivity contribution in [2.45, 2.75) is 0 Å². The van der Waals surface area contributed by atoms with Crippen LogP contribution in [0, 0.1) is 0 Å². The zero-order valence-electron chi connectivity index (χ0n) is 26.5. The van der Waals surface area contributed by atoms with Crippen LogP contribution in [0.4, 0.5) is 0 Å². The van der Waals surface area contributed by atoms with Crippen LogP contribution in [0.15, 0.2) is 180 Å². The fourth-order valence-corrected chi connectivity index (χ4v) is 6.45. The predicted octanol–water partition coefficient (Wildman–Crippen LogP) is 11.8. The molecule has 0 saturated heterocycles. The van der Waals surface area contributed by atoms with Gasteiger partial charge in [0.1, 0.15) is 11.2 Å². The molecule has 0 amide bonds. The molecule has 0 aliphatic heterocycles. The maximum Gasteiger partial charge on any atom is 0.164 e. The third kappa shape index (κ3) is 5.45. The van der Waals surface area contributed by atoms with E-state index in [4.69, 9.17) is 19.4 Å². The Bertz CT molecular complexity index is 2580. The van der Waals surface area contributed by atoms with Gasteiger partial charge in [-0.3, -0.25) is 0 Å². The van der Waals surface area contributed by atoms with Crippen LogP contribution in [0.5, 0.6) is 0 Å². The number of nitrogens with zero attached hydrogens (tertiary/aromatic N) is 3. The van der Waals surface area contributed by atoms with E-state index in [0.717, 1.165) is 60.9 Å². The summed E-state index contributed by atoms with van der Waals surface area (Å²) in [6, 6.07) is 60.4. The van der Waals surface area contributed by atoms with Crippen LogP contribution in [0.25, 0.3) is 89.5 Å². The summed E-state index contributed by atoms with van der Waals surface area (Å²) in [5.74, 6) is 1.89. The highest BCUT2D eigenvalue weighted by Gasteiger charge is 2.16. The molecular weight excluding hydrogens is 599 g/mol. The third-order valence-corrected chi connectivity index (χ3v) is 8.95. The highest BCUT2D eigenvalue weighted by atomic mass is 16.3. The van der Waals surface area contributed by atoms with Crippen LogP contribution < -0.4 is 0 Å². The van der Waals surface area contributed by atoms with E-state index in [1.165, 1.54) is 11.1 Å². The summed E-state index contributed by atoms with van der Waals surface area (Å²) >= 11 is 0. The van der Waals surface area contributed by atoms with Gasteiger partial charge >= 0.3 is 0 Å². The SMILES string of the molecule is c1ccc(-c2cccc(-c3nc(-c4ccccc4)nc(-c4ccc(-c5cccc6c5oc5ccc(-c7ccccc7)cc56)cc4)n3)c2)cc1. The van der Waals surface area contributed by atoms with Crippen LogP contribution in [0.2, 0.25) is 0 Å². The zero-order valence-corrected chi connectivity index (χ0v) is 26.5. The Balaban J connectivity index is 1.11. The zero-order chi connectivity index (χ0) is 32.6. The van der Waals surface area contributed by atoms with Crippen molar-refractivity contribution in [1.29, 1.82) is 0 Å². The Hall–Kier alpha value is -6.65. The van der Waals surface area contributed by atoms with Gasteiger partial charge in [0, 0.05) is 33.0 Å². The van der Waals surface area contributed by atoms with Gasteiger partial charge in [-0.05, 0) is 46.0 Å². The maximum absolute atomic E-state index is 6.48. The van der Waals surface area contributed by atoms with Crippen molar-refractivity contribution in [3.63, 3.8) is 0 Å². The number of hydrogen-bond donors (Lipinski definition) is 0. The second kappa shape index (κ2) is 12.2. The van der Waals surface area contributed by atoms with E-state index in [1.807, 2.05) is 42.5 Å². The average Bonchev–Trinajstić information content (AvgIpc) is 3.57. The molecule has 0 bridgehead atoms. The van der Waals surface area contributed by atoms with E-state index >= 15 is 0 Å². The lowest BCUT2D eigenvalue weighted by atomic mass is 9.99. The van der Waals surface area contributed by atoms with Crippen LogP contribution >= 0.6 is 0 Å². The number of rotatable bonds is 6. The molecule has 0 fully saturated rings. The Labute approximate surface area is 284 Å². The van der Waals surface area contributed by atoms with Crippen molar-refractivity contribution in [2.24, 2.45) is 0 Å². The molecule has 0 unspecified atom stereocenters. The molecule has 0 aliphatic carbocycles. The van der Waals surface area contributed by atoms with Gasteiger partial charge in [-0.2, -0.15) is 0 Å². The highest BCUT2D eigenvalue weighted by molar-refractivity contribution is 6.10. The Kier molecular flexibility index (Phi) is 7.10. The number of benzene rings is 7. The van der Waals surface area contributed by atoms with Gasteiger partial charge in [-0.25, -0.2) is 15.0 Å². The van der Waals surface area contributed by atoms with Crippen LogP contribution in [0.1, 0.15) is 0 Å². The number of para-hydroxylation sites is 1. The quantitative estimate of drug-likeness (QED) is 0.184. The number of aromatic nitrogens is 3. The van der Waals surface area contributed by atoms with Gasteiger partial charge in [0.25, 0.3) is 0 Å². The predicted molar refractivity (Wildman–Crippen MR) is 200 cm³/mol. The van der Waals surface area contributed by atoms with Gasteiger partial charge < -0.3 is 4.42 Å².